The molecule has 0 radical (unpaired) electrons. The number of nitrogens with one attached hydrogen (secondary N) is 2. The van der Waals surface area contributed by atoms with Crippen molar-refractivity contribution >= 4 is 45.9 Å². The second-order valence-electron chi connectivity index (χ2n) is 10.4. The molecule has 0 spiro atoms. The summed E-state index contributed by atoms with van der Waals surface area (Å²) in [4.78, 5) is 26.9. The van der Waals surface area contributed by atoms with Crippen molar-refractivity contribution in [2.45, 2.75) is 32.9 Å². The van der Waals surface area contributed by atoms with Crippen LogP contribution in [0.5, 0.6) is 0 Å². The summed E-state index contributed by atoms with van der Waals surface area (Å²) in [6.07, 6.45) is 1.72. The molecule has 0 aliphatic carbocycles. The molecule has 2 N–H and O–H groups in total. The van der Waals surface area contributed by atoms with Crippen molar-refractivity contribution in [3.05, 3.63) is 88.4 Å². The standard InChI is InChI=1S/C31H35ClN6O/c1-21-4-13-27-28(18-21)35-31(37(2)3)36-29(27)34-19-22-7-11-26(12-8-22)38(20-23-5-9-25(32)10-6-23)30(39)24-14-16-33-17-15-24/h4-13,18,24,33H,14-17,19-20H2,1-3H3,(H,34,35,36). The largest absolute Gasteiger partial charge is 0.365 e. The molecule has 4 aromatic rings. The SMILES string of the molecule is Cc1ccc2c(NCc3ccc(N(Cc4ccc(Cl)cc4)C(=O)C4CCNCC4)cc3)nc(N(C)C)nc2c1. The van der Waals surface area contributed by atoms with Crippen LogP contribution in [-0.4, -0.2) is 43.1 Å². The van der Waals surface area contributed by atoms with Gasteiger partial charge in [-0.1, -0.05) is 41.9 Å². The Bertz CT molecular complexity index is 1430. The molecule has 0 saturated carbocycles. The lowest BCUT2D eigenvalue weighted by molar-refractivity contribution is -0.123. The maximum absolute atomic E-state index is 13.6. The summed E-state index contributed by atoms with van der Waals surface area (Å²) in [5.41, 5.74) is 5.13. The molecule has 8 heteroatoms. The first-order chi connectivity index (χ1) is 18.9. The number of amides is 1. The summed E-state index contributed by atoms with van der Waals surface area (Å²) >= 11 is 6.10. The summed E-state index contributed by atoms with van der Waals surface area (Å²) in [5, 5.41) is 8.55. The first kappa shape index (κ1) is 26.9. The Morgan fingerprint density at radius 1 is 0.974 bits per heavy atom. The van der Waals surface area contributed by atoms with Crippen LogP contribution >= 0.6 is 11.6 Å². The van der Waals surface area contributed by atoms with Gasteiger partial charge >= 0.3 is 0 Å². The molecule has 1 fully saturated rings. The number of nitrogens with zero attached hydrogens (tertiary/aromatic N) is 4. The zero-order valence-electron chi connectivity index (χ0n) is 22.7. The van der Waals surface area contributed by atoms with E-state index in [2.05, 4.69) is 47.9 Å². The fourth-order valence-electron chi connectivity index (χ4n) is 4.90. The zero-order chi connectivity index (χ0) is 27.4. The van der Waals surface area contributed by atoms with Gasteiger partial charge < -0.3 is 20.4 Å². The van der Waals surface area contributed by atoms with E-state index in [1.54, 1.807) is 0 Å². The third-order valence-electron chi connectivity index (χ3n) is 7.16. The van der Waals surface area contributed by atoms with E-state index in [4.69, 9.17) is 21.6 Å². The fraction of sp³-hybridized carbons (Fsp3) is 0.323. The van der Waals surface area contributed by atoms with Gasteiger partial charge in [0.1, 0.15) is 5.82 Å². The van der Waals surface area contributed by atoms with Gasteiger partial charge in [0, 0.05) is 42.7 Å². The van der Waals surface area contributed by atoms with Crippen molar-refractivity contribution in [1.29, 1.82) is 0 Å². The second kappa shape index (κ2) is 12.0. The van der Waals surface area contributed by atoms with Crippen molar-refractivity contribution in [3.63, 3.8) is 0 Å². The van der Waals surface area contributed by atoms with Crippen LogP contribution in [0.15, 0.2) is 66.7 Å². The maximum Gasteiger partial charge on any atom is 0.230 e. The molecule has 39 heavy (non-hydrogen) atoms. The molecule has 0 unspecified atom stereocenters. The van der Waals surface area contributed by atoms with Crippen molar-refractivity contribution in [1.82, 2.24) is 15.3 Å². The molecule has 1 aliphatic heterocycles. The number of rotatable bonds is 8. The highest BCUT2D eigenvalue weighted by Gasteiger charge is 2.27. The average Bonchev–Trinajstić information content (AvgIpc) is 2.95. The van der Waals surface area contributed by atoms with Crippen LogP contribution in [0.2, 0.25) is 5.02 Å². The monoisotopic (exact) mass is 542 g/mol. The van der Waals surface area contributed by atoms with Gasteiger partial charge in [-0.05, 0) is 85.9 Å². The number of hydrogen-bond donors (Lipinski definition) is 2. The van der Waals surface area contributed by atoms with Crippen LogP contribution in [0.25, 0.3) is 10.9 Å². The highest BCUT2D eigenvalue weighted by Crippen LogP contribution is 2.27. The van der Waals surface area contributed by atoms with Crippen LogP contribution in [0, 0.1) is 12.8 Å². The first-order valence-corrected chi connectivity index (χ1v) is 13.8. The number of benzene rings is 3. The Morgan fingerprint density at radius 2 is 1.67 bits per heavy atom. The summed E-state index contributed by atoms with van der Waals surface area (Å²) in [7, 11) is 3.89. The number of hydrogen-bond acceptors (Lipinski definition) is 6. The van der Waals surface area contributed by atoms with Crippen LogP contribution < -0.4 is 20.4 Å². The molecular weight excluding hydrogens is 508 g/mol. The van der Waals surface area contributed by atoms with E-state index < -0.39 is 0 Å². The van der Waals surface area contributed by atoms with E-state index in [0.29, 0.717) is 24.1 Å². The van der Waals surface area contributed by atoms with Crippen LogP contribution in [-0.2, 0) is 17.9 Å². The van der Waals surface area contributed by atoms with E-state index in [1.165, 1.54) is 0 Å². The molecule has 3 aromatic carbocycles. The number of fused-ring (bicyclic) bond motifs is 1. The summed E-state index contributed by atoms with van der Waals surface area (Å²) in [6, 6.07) is 22.2. The fourth-order valence-corrected chi connectivity index (χ4v) is 5.03. The highest BCUT2D eigenvalue weighted by atomic mass is 35.5. The number of anilines is 3. The van der Waals surface area contributed by atoms with E-state index in [-0.39, 0.29) is 11.8 Å². The highest BCUT2D eigenvalue weighted by molar-refractivity contribution is 6.30. The molecule has 1 aliphatic rings. The lowest BCUT2D eigenvalue weighted by atomic mass is 9.96. The van der Waals surface area contributed by atoms with E-state index >= 15 is 0 Å². The quantitative estimate of drug-likeness (QED) is 0.293. The van der Waals surface area contributed by atoms with Gasteiger partial charge in [0.05, 0.1) is 12.1 Å². The molecular formula is C31H35ClN6O. The number of carbonyl (C=O) groups excluding carboxylic acids is 1. The number of piperidine rings is 1. The van der Waals surface area contributed by atoms with Gasteiger partial charge in [0.2, 0.25) is 11.9 Å². The summed E-state index contributed by atoms with van der Waals surface area (Å²) in [5.74, 6) is 1.68. The van der Waals surface area contributed by atoms with Gasteiger partial charge in [0.25, 0.3) is 0 Å². The third kappa shape index (κ3) is 6.49. The third-order valence-corrected chi connectivity index (χ3v) is 7.41. The molecule has 0 bridgehead atoms. The Morgan fingerprint density at radius 3 is 2.36 bits per heavy atom. The predicted octanol–water partition coefficient (Wildman–Crippen LogP) is 5.80. The molecule has 202 valence electrons. The number of carbonyl (C=O) groups is 1. The zero-order valence-corrected chi connectivity index (χ0v) is 23.5. The van der Waals surface area contributed by atoms with Gasteiger partial charge in [-0.3, -0.25) is 4.79 Å². The van der Waals surface area contributed by atoms with Crippen molar-refractivity contribution in [2.24, 2.45) is 5.92 Å². The topological polar surface area (TPSA) is 73.4 Å². The maximum atomic E-state index is 13.6. The molecule has 7 nitrogen and oxygen atoms in total. The van der Waals surface area contributed by atoms with Gasteiger partial charge in [-0.25, -0.2) is 4.98 Å². The minimum absolute atomic E-state index is 0.0282. The summed E-state index contributed by atoms with van der Waals surface area (Å²) in [6.45, 7) is 4.94. The van der Waals surface area contributed by atoms with E-state index in [0.717, 1.165) is 65.0 Å². The summed E-state index contributed by atoms with van der Waals surface area (Å²) < 4.78 is 0. The van der Waals surface area contributed by atoms with Gasteiger partial charge in [-0.2, -0.15) is 4.98 Å². The van der Waals surface area contributed by atoms with Crippen LogP contribution in [0.4, 0.5) is 17.5 Å². The molecule has 2 heterocycles. The van der Waals surface area contributed by atoms with E-state index in [1.807, 2.05) is 60.3 Å². The van der Waals surface area contributed by atoms with Gasteiger partial charge in [0.15, 0.2) is 0 Å². The average molecular weight is 543 g/mol. The molecule has 5 rings (SSSR count). The van der Waals surface area contributed by atoms with Crippen LogP contribution in [0.3, 0.4) is 0 Å². The normalized spacial score (nSPS) is 13.8. The molecule has 1 amide bonds. The lowest BCUT2D eigenvalue weighted by Crippen LogP contribution is -2.40. The molecule has 1 aromatic heterocycles. The van der Waals surface area contributed by atoms with Crippen LogP contribution in [0.1, 0.15) is 29.5 Å². The van der Waals surface area contributed by atoms with E-state index in [9.17, 15) is 4.79 Å². The Balaban J connectivity index is 1.36. The Hall–Kier alpha value is -3.68. The molecule has 0 atom stereocenters. The first-order valence-electron chi connectivity index (χ1n) is 13.4. The predicted molar refractivity (Wildman–Crippen MR) is 161 cm³/mol. The Labute approximate surface area is 235 Å². The van der Waals surface area contributed by atoms with Gasteiger partial charge in [-0.15, -0.1) is 0 Å². The lowest BCUT2D eigenvalue weighted by Gasteiger charge is -2.30. The number of halogens is 1. The smallest absolute Gasteiger partial charge is 0.230 e. The van der Waals surface area contributed by atoms with Crippen molar-refractivity contribution in [3.8, 4) is 0 Å². The van der Waals surface area contributed by atoms with Crippen molar-refractivity contribution < 1.29 is 4.79 Å². The minimum Gasteiger partial charge on any atom is -0.365 e. The minimum atomic E-state index is 0.0282. The second-order valence-corrected chi connectivity index (χ2v) is 10.8. The number of aromatic nitrogens is 2. The van der Waals surface area contributed by atoms with Crippen molar-refractivity contribution in [2.75, 3.05) is 42.3 Å². The molecule has 1 saturated heterocycles. The Kier molecular flexibility index (Phi) is 8.29. The number of aryl methyl sites for hydroxylation is 1.